The van der Waals surface area contributed by atoms with Crippen LogP contribution in [0.25, 0.3) is 0 Å². The number of carbonyl (C=O) groups excluding carboxylic acids is 2. The zero-order valence-corrected chi connectivity index (χ0v) is 19.2. The third kappa shape index (κ3) is 5.47. The molecule has 174 valence electrons. The molecule has 2 heterocycles. The van der Waals surface area contributed by atoms with Crippen molar-refractivity contribution in [2.75, 3.05) is 26.2 Å². The summed E-state index contributed by atoms with van der Waals surface area (Å²) in [6, 6.07) is 14.1. The molecule has 2 aliphatic rings. The smallest absolute Gasteiger partial charge is 0.310 e. The summed E-state index contributed by atoms with van der Waals surface area (Å²) in [4.78, 5) is 27.6. The summed E-state index contributed by atoms with van der Waals surface area (Å²) in [7, 11) is 0. The van der Waals surface area contributed by atoms with Gasteiger partial charge >= 0.3 is 5.97 Å². The van der Waals surface area contributed by atoms with Gasteiger partial charge in [0.05, 0.1) is 30.8 Å². The molecule has 4 rings (SSSR count). The molecule has 0 N–H and O–H groups in total. The standard InChI is InChI=1S/C26H30FN3O3/c1-3-33-26(32)21-5-4-14-29(16-21)17-25(31)30-24(20-8-6-18(2)7-9-20)15-23(28-30)19-10-12-22(27)13-11-19/h6-13,21,24H,3-5,14-17H2,1-2H3/t21-,24-/m0/s1. The van der Waals surface area contributed by atoms with E-state index in [1.165, 1.54) is 12.1 Å². The predicted octanol–water partition coefficient (Wildman–Crippen LogP) is 4.09. The Morgan fingerprint density at radius 3 is 2.55 bits per heavy atom. The summed E-state index contributed by atoms with van der Waals surface area (Å²) >= 11 is 0. The Labute approximate surface area is 194 Å². The topological polar surface area (TPSA) is 62.2 Å². The highest BCUT2D eigenvalue weighted by molar-refractivity contribution is 6.03. The van der Waals surface area contributed by atoms with Gasteiger partial charge in [0.2, 0.25) is 0 Å². The lowest BCUT2D eigenvalue weighted by Crippen LogP contribution is -2.44. The first kappa shape index (κ1) is 23.1. The molecule has 0 bridgehead atoms. The molecule has 6 nitrogen and oxygen atoms in total. The van der Waals surface area contributed by atoms with Crippen LogP contribution in [-0.2, 0) is 14.3 Å². The normalized spacial score (nSPS) is 21.1. The molecule has 1 amide bonds. The van der Waals surface area contributed by atoms with Crippen LogP contribution in [-0.4, -0.2) is 53.7 Å². The predicted molar refractivity (Wildman–Crippen MR) is 124 cm³/mol. The van der Waals surface area contributed by atoms with Gasteiger partial charge in [0.15, 0.2) is 0 Å². The molecule has 1 fully saturated rings. The van der Waals surface area contributed by atoms with E-state index in [2.05, 4.69) is 5.10 Å². The first-order valence-electron chi connectivity index (χ1n) is 11.6. The van der Waals surface area contributed by atoms with Crippen LogP contribution in [0.4, 0.5) is 4.39 Å². The van der Waals surface area contributed by atoms with E-state index in [-0.39, 0.29) is 36.2 Å². The van der Waals surface area contributed by atoms with Crippen LogP contribution in [0.5, 0.6) is 0 Å². The summed E-state index contributed by atoms with van der Waals surface area (Å²) in [5, 5.41) is 6.24. The molecule has 0 aliphatic carbocycles. The Balaban J connectivity index is 1.53. The number of halogens is 1. The minimum atomic E-state index is -0.304. The number of piperidine rings is 1. The highest BCUT2D eigenvalue weighted by Crippen LogP contribution is 2.33. The second-order valence-electron chi connectivity index (χ2n) is 8.75. The number of hydrogen-bond donors (Lipinski definition) is 0. The fourth-order valence-electron chi connectivity index (χ4n) is 4.52. The van der Waals surface area contributed by atoms with Crippen molar-refractivity contribution in [1.82, 2.24) is 9.91 Å². The third-order valence-electron chi connectivity index (χ3n) is 6.29. The highest BCUT2D eigenvalue weighted by Gasteiger charge is 2.35. The van der Waals surface area contributed by atoms with Crippen LogP contribution in [0.3, 0.4) is 0 Å². The monoisotopic (exact) mass is 451 g/mol. The lowest BCUT2D eigenvalue weighted by Gasteiger charge is -2.32. The first-order valence-corrected chi connectivity index (χ1v) is 11.6. The lowest BCUT2D eigenvalue weighted by atomic mass is 9.97. The molecule has 0 saturated carbocycles. The Bertz CT molecular complexity index is 1020. The molecule has 1 saturated heterocycles. The summed E-state index contributed by atoms with van der Waals surface area (Å²) in [6.07, 6.45) is 2.19. The fraction of sp³-hybridized carbons (Fsp3) is 0.423. The molecule has 0 spiro atoms. The first-order chi connectivity index (χ1) is 15.9. The second-order valence-corrected chi connectivity index (χ2v) is 8.75. The van der Waals surface area contributed by atoms with E-state index in [0.717, 1.165) is 41.8 Å². The molecule has 2 atom stereocenters. The average Bonchev–Trinajstić information content (AvgIpc) is 3.26. The van der Waals surface area contributed by atoms with Crippen molar-refractivity contribution in [3.8, 4) is 0 Å². The largest absolute Gasteiger partial charge is 0.466 e. The summed E-state index contributed by atoms with van der Waals surface area (Å²) in [5.74, 6) is -0.801. The maximum Gasteiger partial charge on any atom is 0.310 e. The van der Waals surface area contributed by atoms with Crippen LogP contribution in [0.2, 0.25) is 0 Å². The van der Waals surface area contributed by atoms with Gasteiger partial charge in [-0.2, -0.15) is 5.10 Å². The number of benzene rings is 2. The quantitative estimate of drug-likeness (QED) is 0.621. The van der Waals surface area contributed by atoms with Gasteiger partial charge in [0.25, 0.3) is 5.91 Å². The van der Waals surface area contributed by atoms with Crippen molar-refractivity contribution in [2.24, 2.45) is 11.0 Å². The zero-order chi connectivity index (χ0) is 23.4. The van der Waals surface area contributed by atoms with Crippen molar-refractivity contribution in [1.29, 1.82) is 0 Å². The van der Waals surface area contributed by atoms with Crippen molar-refractivity contribution in [3.05, 3.63) is 71.0 Å². The van der Waals surface area contributed by atoms with Gasteiger partial charge in [0, 0.05) is 13.0 Å². The molecule has 0 unspecified atom stereocenters. The fourth-order valence-corrected chi connectivity index (χ4v) is 4.52. The number of hydrazone groups is 1. The van der Waals surface area contributed by atoms with Gasteiger partial charge in [-0.3, -0.25) is 14.5 Å². The number of esters is 1. The number of nitrogens with zero attached hydrogens (tertiary/aromatic N) is 3. The molecule has 7 heteroatoms. The van der Waals surface area contributed by atoms with E-state index >= 15 is 0 Å². The summed E-state index contributed by atoms with van der Waals surface area (Å²) in [5.41, 5.74) is 3.73. The van der Waals surface area contributed by atoms with Crippen molar-refractivity contribution in [2.45, 2.75) is 39.2 Å². The number of carbonyl (C=O) groups is 2. The molecular weight excluding hydrogens is 421 g/mol. The number of rotatable bonds is 6. The van der Waals surface area contributed by atoms with Crippen LogP contribution in [0.15, 0.2) is 53.6 Å². The Morgan fingerprint density at radius 1 is 1.12 bits per heavy atom. The number of aryl methyl sites for hydroxylation is 1. The van der Waals surface area contributed by atoms with E-state index in [0.29, 0.717) is 19.6 Å². The molecule has 33 heavy (non-hydrogen) atoms. The van der Waals surface area contributed by atoms with Gasteiger partial charge < -0.3 is 4.74 Å². The van der Waals surface area contributed by atoms with E-state index in [1.54, 1.807) is 24.1 Å². The van der Waals surface area contributed by atoms with Crippen LogP contribution >= 0.6 is 0 Å². The van der Waals surface area contributed by atoms with Gasteiger partial charge in [-0.05, 0) is 56.5 Å². The molecule has 0 radical (unpaired) electrons. The third-order valence-corrected chi connectivity index (χ3v) is 6.29. The molecule has 2 aliphatic heterocycles. The van der Waals surface area contributed by atoms with E-state index in [9.17, 15) is 14.0 Å². The van der Waals surface area contributed by atoms with Crippen molar-refractivity contribution in [3.63, 3.8) is 0 Å². The molecule has 2 aromatic carbocycles. The van der Waals surface area contributed by atoms with Gasteiger partial charge in [-0.25, -0.2) is 9.40 Å². The minimum Gasteiger partial charge on any atom is -0.466 e. The average molecular weight is 452 g/mol. The van der Waals surface area contributed by atoms with Gasteiger partial charge in [0.1, 0.15) is 5.82 Å². The highest BCUT2D eigenvalue weighted by atomic mass is 19.1. The lowest BCUT2D eigenvalue weighted by molar-refractivity contribution is -0.150. The van der Waals surface area contributed by atoms with Crippen LogP contribution < -0.4 is 0 Å². The number of likely N-dealkylation sites (tertiary alicyclic amines) is 1. The van der Waals surface area contributed by atoms with E-state index in [1.807, 2.05) is 36.1 Å². The summed E-state index contributed by atoms with van der Waals surface area (Å²) in [6.45, 7) is 5.66. The number of amides is 1. The number of hydrogen-bond acceptors (Lipinski definition) is 5. The van der Waals surface area contributed by atoms with Gasteiger partial charge in [-0.1, -0.05) is 42.0 Å². The molecular formula is C26H30FN3O3. The van der Waals surface area contributed by atoms with Crippen LogP contribution in [0, 0.1) is 18.7 Å². The number of ether oxygens (including phenoxy) is 1. The van der Waals surface area contributed by atoms with Crippen LogP contribution in [0.1, 0.15) is 48.9 Å². The molecule has 0 aromatic heterocycles. The van der Waals surface area contributed by atoms with Crippen molar-refractivity contribution < 1.29 is 18.7 Å². The Morgan fingerprint density at radius 2 is 1.85 bits per heavy atom. The van der Waals surface area contributed by atoms with E-state index in [4.69, 9.17) is 4.74 Å². The Hall–Kier alpha value is -3.06. The van der Waals surface area contributed by atoms with Crippen molar-refractivity contribution >= 4 is 17.6 Å². The zero-order valence-electron chi connectivity index (χ0n) is 19.2. The molecule has 2 aromatic rings. The Kier molecular flexibility index (Phi) is 7.18. The van der Waals surface area contributed by atoms with E-state index < -0.39 is 0 Å². The van der Waals surface area contributed by atoms with Gasteiger partial charge in [-0.15, -0.1) is 0 Å². The SMILES string of the molecule is CCOC(=O)[C@H]1CCCN(CC(=O)N2N=C(c3ccc(F)cc3)C[C@H]2c2ccc(C)cc2)C1. The minimum absolute atomic E-state index is 0.109. The maximum atomic E-state index is 13.4. The second kappa shape index (κ2) is 10.3. The maximum absolute atomic E-state index is 13.4. The summed E-state index contributed by atoms with van der Waals surface area (Å²) < 4.78 is 18.6.